The zero-order valence-electron chi connectivity index (χ0n) is 13.3. The molecule has 0 unspecified atom stereocenters. The summed E-state index contributed by atoms with van der Waals surface area (Å²) in [6.45, 7) is 0.479. The molecule has 1 aromatic heterocycles. The summed E-state index contributed by atoms with van der Waals surface area (Å²) in [6, 6.07) is 6.43. The summed E-state index contributed by atoms with van der Waals surface area (Å²) in [5.74, 6) is -3.71. The number of aromatic nitrogens is 1. The Balaban J connectivity index is 1.69. The van der Waals surface area contributed by atoms with Crippen LogP contribution in [0.5, 0.6) is 11.5 Å². The third kappa shape index (κ3) is 4.86. The lowest BCUT2D eigenvalue weighted by molar-refractivity contribution is -0.138. The van der Waals surface area contributed by atoms with Gasteiger partial charge < -0.3 is 10.1 Å². The minimum atomic E-state index is -4.85. The summed E-state index contributed by atoms with van der Waals surface area (Å²) in [7, 11) is 0. The molecule has 0 aliphatic heterocycles. The number of nitrogens with zero attached hydrogens (tertiary/aromatic N) is 1. The molecule has 3 aromatic rings. The number of ether oxygens (including phenoxy) is 1. The predicted molar refractivity (Wildman–Crippen MR) is 92.3 cm³/mol. The van der Waals surface area contributed by atoms with Gasteiger partial charge in [0.2, 0.25) is 0 Å². The van der Waals surface area contributed by atoms with Crippen LogP contribution >= 0.6 is 22.9 Å². The highest BCUT2D eigenvalue weighted by molar-refractivity contribution is 7.15. The molecule has 0 spiro atoms. The number of rotatable bonds is 5. The maximum atomic E-state index is 13.8. The molecule has 2 aromatic carbocycles. The number of benzene rings is 2. The minimum Gasteiger partial charge on any atom is -0.451 e. The van der Waals surface area contributed by atoms with E-state index in [4.69, 9.17) is 16.3 Å². The lowest BCUT2D eigenvalue weighted by Gasteiger charge is -2.12. The average Bonchev–Trinajstić information content (AvgIpc) is 3.02. The Morgan fingerprint density at radius 2 is 1.70 bits per heavy atom. The van der Waals surface area contributed by atoms with E-state index in [9.17, 15) is 22.0 Å². The number of hydrogen-bond donors (Lipinski definition) is 1. The van der Waals surface area contributed by atoms with E-state index < -0.39 is 29.1 Å². The van der Waals surface area contributed by atoms with Gasteiger partial charge in [-0.3, -0.25) is 0 Å². The van der Waals surface area contributed by atoms with Gasteiger partial charge in [-0.2, -0.15) is 13.2 Å². The molecule has 3 nitrogen and oxygen atoms in total. The summed E-state index contributed by atoms with van der Waals surface area (Å²) in [5.41, 5.74) is -0.729. The largest absolute Gasteiger partial charge is 0.451 e. The molecule has 0 aliphatic rings. The molecule has 0 saturated heterocycles. The van der Waals surface area contributed by atoms with E-state index in [1.165, 1.54) is 23.5 Å². The zero-order valence-corrected chi connectivity index (χ0v) is 14.9. The summed E-state index contributed by atoms with van der Waals surface area (Å²) in [4.78, 5) is 4.82. The summed E-state index contributed by atoms with van der Waals surface area (Å²) in [6.07, 6.45) is -3.22. The van der Waals surface area contributed by atoms with Gasteiger partial charge in [-0.1, -0.05) is 11.6 Å². The molecule has 0 aliphatic carbocycles. The molecule has 1 N–H and O–H groups in total. The Kier molecular flexibility index (Phi) is 5.52. The SMILES string of the molecule is Fc1cc(C(F)(F)F)cc(F)c1Oc1ccc(NCc2cnc(Cl)s2)cc1. The predicted octanol–water partition coefficient (Wildman–Crippen LogP) is 6.50. The molecule has 1 heterocycles. The highest BCUT2D eigenvalue weighted by Gasteiger charge is 2.33. The third-order valence-electron chi connectivity index (χ3n) is 3.39. The molecule has 3 rings (SSSR count). The van der Waals surface area contributed by atoms with Gasteiger partial charge in [0.1, 0.15) is 5.75 Å². The number of hydrogen-bond acceptors (Lipinski definition) is 4. The van der Waals surface area contributed by atoms with Crippen molar-refractivity contribution >= 4 is 28.6 Å². The molecule has 142 valence electrons. The fourth-order valence-electron chi connectivity index (χ4n) is 2.13. The number of nitrogens with one attached hydrogen (secondary N) is 1. The van der Waals surface area contributed by atoms with Crippen molar-refractivity contribution in [2.75, 3.05) is 5.32 Å². The second-order valence-corrected chi connectivity index (χ2v) is 7.02. The fraction of sp³-hybridized carbons (Fsp3) is 0.118. The number of alkyl halides is 3. The second kappa shape index (κ2) is 7.69. The van der Waals surface area contributed by atoms with Gasteiger partial charge in [0.25, 0.3) is 0 Å². The fourth-order valence-corrected chi connectivity index (χ4v) is 3.05. The molecule has 0 amide bonds. The maximum Gasteiger partial charge on any atom is 0.416 e. The second-order valence-electron chi connectivity index (χ2n) is 5.33. The molecule has 0 atom stereocenters. The normalized spacial score (nSPS) is 11.5. The first kappa shape index (κ1) is 19.4. The monoisotopic (exact) mass is 420 g/mol. The van der Waals surface area contributed by atoms with Gasteiger partial charge in [0, 0.05) is 16.8 Å². The number of thiazole rings is 1. The average molecular weight is 421 g/mol. The van der Waals surface area contributed by atoms with Gasteiger partial charge in [-0.15, -0.1) is 11.3 Å². The maximum absolute atomic E-state index is 13.8. The highest BCUT2D eigenvalue weighted by atomic mass is 35.5. The summed E-state index contributed by atoms with van der Waals surface area (Å²) in [5, 5.41) is 3.10. The smallest absolute Gasteiger partial charge is 0.416 e. The van der Waals surface area contributed by atoms with Crippen LogP contribution < -0.4 is 10.1 Å². The van der Waals surface area contributed by atoms with Crippen LogP contribution in [0, 0.1) is 11.6 Å². The van der Waals surface area contributed by atoms with Crippen LogP contribution in [-0.4, -0.2) is 4.98 Å². The van der Waals surface area contributed by atoms with E-state index in [-0.39, 0.29) is 17.9 Å². The first-order valence-electron chi connectivity index (χ1n) is 7.40. The first-order chi connectivity index (χ1) is 12.7. The molecule has 10 heteroatoms. The van der Waals surface area contributed by atoms with Crippen molar-refractivity contribution in [3.8, 4) is 11.5 Å². The Bertz CT molecular complexity index is 920. The lowest BCUT2D eigenvalue weighted by atomic mass is 10.2. The van der Waals surface area contributed by atoms with E-state index in [0.717, 1.165) is 4.88 Å². The van der Waals surface area contributed by atoms with Crippen LogP contribution in [0.15, 0.2) is 42.6 Å². The van der Waals surface area contributed by atoms with E-state index in [2.05, 4.69) is 10.3 Å². The Labute approximate surface area is 159 Å². The molecular weight excluding hydrogens is 411 g/mol. The van der Waals surface area contributed by atoms with E-state index >= 15 is 0 Å². The van der Waals surface area contributed by atoms with Gasteiger partial charge in [-0.05, 0) is 36.4 Å². The van der Waals surface area contributed by atoms with E-state index in [1.807, 2.05) is 0 Å². The van der Waals surface area contributed by atoms with Gasteiger partial charge in [0.05, 0.1) is 12.1 Å². The Hall–Kier alpha value is -2.39. The van der Waals surface area contributed by atoms with Crippen molar-refractivity contribution in [1.29, 1.82) is 0 Å². The molecule has 27 heavy (non-hydrogen) atoms. The lowest BCUT2D eigenvalue weighted by Crippen LogP contribution is -2.07. The topological polar surface area (TPSA) is 34.1 Å². The van der Waals surface area contributed by atoms with Gasteiger partial charge in [-0.25, -0.2) is 13.8 Å². The van der Waals surface area contributed by atoms with Gasteiger partial charge >= 0.3 is 6.18 Å². The molecule has 0 radical (unpaired) electrons. The third-order valence-corrected chi connectivity index (χ3v) is 4.51. The quantitative estimate of drug-likeness (QED) is 0.478. The van der Waals surface area contributed by atoms with Crippen LogP contribution in [0.2, 0.25) is 4.47 Å². The first-order valence-corrected chi connectivity index (χ1v) is 8.60. The molecule has 0 fully saturated rings. The zero-order chi connectivity index (χ0) is 19.6. The van der Waals surface area contributed by atoms with Crippen molar-refractivity contribution in [2.45, 2.75) is 12.7 Å². The van der Waals surface area contributed by atoms with Crippen LogP contribution in [0.1, 0.15) is 10.4 Å². The Morgan fingerprint density at radius 3 is 2.22 bits per heavy atom. The van der Waals surface area contributed by atoms with Crippen LogP contribution in [0.25, 0.3) is 0 Å². The van der Waals surface area contributed by atoms with Crippen molar-refractivity contribution in [3.05, 3.63) is 69.1 Å². The minimum absolute atomic E-state index is 0.0685. The van der Waals surface area contributed by atoms with Crippen molar-refractivity contribution in [1.82, 2.24) is 4.98 Å². The molecule has 0 saturated carbocycles. The van der Waals surface area contributed by atoms with Crippen molar-refractivity contribution in [3.63, 3.8) is 0 Å². The number of anilines is 1. The summed E-state index contributed by atoms with van der Waals surface area (Å²) >= 11 is 7.06. The van der Waals surface area contributed by atoms with Crippen LogP contribution in [-0.2, 0) is 12.7 Å². The standard InChI is InChI=1S/C17H10ClF5N2OS/c18-16-25-8-12(27-16)7-24-10-1-3-11(4-2-10)26-15-13(19)5-9(6-14(15)20)17(21,22)23/h1-6,8,24H,7H2. The van der Waals surface area contributed by atoms with E-state index in [0.29, 0.717) is 16.7 Å². The molecule has 0 bridgehead atoms. The molecular formula is C17H10ClF5N2OS. The summed E-state index contributed by atoms with van der Waals surface area (Å²) < 4.78 is 70.8. The van der Waals surface area contributed by atoms with Crippen molar-refractivity contribution in [2.24, 2.45) is 0 Å². The van der Waals surface area contributed by atoms with Crippen LogP contribution in [0.3, 0.4) is 0 Å². The highest BCUT2D eigenvalue weighted by Crippen LogP contribution is 2.35. The van der Waals surface area contributed by atoms with E-state index in [1.54, 1.807) is 18.3 Å². The van der Waals surface area contributed by atoms with Crippen molar-refractivity contribution < 1.29 is 26.7 Å². The van der Waals surface area contributed by atoms with Gasteiger partial charge in [0.15, 0.2) is 21.9 Å². The van der Waals surface area contributed by atoms with Crippen LogP contribution in [0.4, 0.5) is 27.6 Å². The number of halogens is 6. The Morgan fingerprint density at radius 1 is 1.07 bits per heavy atom.